The van der Waals surface area contributed by atoms with Gasteiger partial charge in [-0.1, -0.05) is 29.8 Å². The molecule has 16 heavy (non-hydrogen) atoms. The van der Waals surface area contributed by atoms with Crippen molar-refractivity contribution in [2.75, 3.05) is 13.1 Å². The summed E-state index contributed by atoms with van der Waals surface area (Å²) in [5, 5.41) is 0. The Hall–Kier alpha value is -0.820. The minimum absolute atomic E-state index is 0.707. The van der Waals surface area contributed by atoms with E-state index in [2.05, 4.69) is 49.9 Å². The van der Waals surface area contributed by atoms with Gasteiger partial charge in [0.05, 0.1) is 0 Å². The number of rotatable bonds is 2. The lowest BCUT2D eigenvalue weighted by atomic mass is 9.88. The third kappa shape index (κ3) is 2.65. The van der Waals surface area contributed by atoms with Gasteiger partial charge < -0.3 is 4.90 Å². The molecule has 1 aromatic carbocycles. The molecule has 1 nitrogen and oxygen atoms in total. The summed E-state index contributed by atoms with van der Waals surface area (Å²) >= 11 is 0. The minimum atomic E-state index is 0.707. The molecular weight excluding hydrogens is 194 g/mol. The van der Waals surface area contributed by atoms with Crippen LogP contribution in [-0.4, -0.2) is 24.0 Å². The Balaban J connectivity index is 1.96. The monoisotopic (exact) mass is 217 g/mol. The molecule has 1 aromatic rings. The lowest BCUT2D eigenvalue weighted by Gasteiger charge is -2.34. The van der Waals surface area contributed by atoms with Crippen LogP contribution in [0.5, 0.6) is 0 Å². The van der Waals surface area contributed by atoms with E-state index in [0.717, 1.165) is 5.92 Å². The summed E-state index contributed by atoms with van der Waals surface area (Å²) in [5.41, 5.74) is 2.90. The summed E-state index contributed by atoms with van der Waals surface area (Å²) in [6, 6.07) is 9.81. The SMILES string of the molecule is Cc1ccc(C2CCN(C(C)C)CC2)cc1. The molecule has 0 atom stereocenters. The fourth-order valence-electron chi connectivity index (χ4n) is 2.59. The molecule has 0 aromatic heterocycles. The standard InChI is InChI=1S/C15H23N/c1-12(2)16-10-8-15(9-11-16)14-6-4-13(3)5-7-14/h4-7,12,15H,8-11H2,1-3H3. The topological polar surface area (TPSA) is 3.24 Å². The first kappa shape index (κ1) is 11.7. The zero-order valence-corrected chi connectivity index (χ0v) is 10.7. The summed E-state index contributed by atoms with van der Waals surface area (Å²) in [5.74, 6) is 0.788. The molecule has 1 heterocycles. The zero-order chi connectivity index (χ0) is 11.5. The van der Waals surface area contributed by atoms with Crippen LogP contribution in [0.25, 0.3) is 0 Å². The second kappa shape index (κ2) is 5.01. The minimum Gasteiger partial charge on any atom is -0.301 e. The van der Waals surface area contributed by atoms with Gasteiger partial charge in [0.15, 0.2) is 0 Å². The molecule has 0 bridgehead atoms. The fraction of sp³-hybridized carbons (Fsp3) is 0.600. The van der Waals surface area contributed by atoms with Gasteiger partial charge in [-0.2, -0.15) is 0 Å². The van der Waals surface area contributed by atoms with Gasteiger partial charge in [0.25, 0.3) is 0 Å². The van der Waals surface area contributed by atoms with Crippen molar-refractivity contribution < 1.29 is 0 Å². The molecule has 0 N–H and O–H groups in total. The van der Waals surface area contributed by atoms with Crippen molar-refractivity contribution in [2.45, 2.75) is 45.6 Å². The summed E-state index contributed by atoms with van der Waals surface area (Å²) in [6.07, 6.45) is 2.64. The van der Waals surface area contributed by atoms with E-state index in [0.29, 0.717) is 6.04 Å². The highest BCUT2D eigenvalue weighted by Crippen LogP contribution is 2.28. The third-order valence-electron chi connectivity index (χ3n) is 3.81. The number of benzene rings is 1. The van der Waals surface area contributed by atoms with Gasteiger partial charge in [0.2, 0.25) is 0 Å². The van der Waals surface area contributed by atoms with Crippen molar-refractivity contribution in [1.82, 2.24) is 4.90 Å². The molecule has 0 amide bonds. The Labute approximate surface area is 99.5 Å². The molecule has 2 rings (SSSR count). The molecule has 0 aliphatic carbocycles. The molecule has 0 spiro atoms. The number of aryl methyl sites for hydroxylation is 1. The molecule has 0 saturated carbocycles. The third-order valence-corrected chi connectivity index (χ3v) is 3.81. The summed E-state index contributed by atoms with van der Waals surface area (Å²) in [7, 11) is 0. The van der Waals surface area contributed by atoms with E-state index in [1.165, 1.54) is 37.1 Å². The second-order valence-corrected chi connectivity index (χ2v) is 5.31. The predicted molar refractivity (Wildman–Crippen MR) is 69.9 cm³/mol. The van der Waals surface area contributed by atoms with E-state index in [4.69, 9.17) is 0 Å². The van der Waals surface area contributed by atoms with Crippen molar-refractivity contribution in [3.63, 3.8) is 0 Å². The molecular formula is C15H23N. The molecule has 1 heteroatoms. The van der Waals surface area contributed by atoms with Crippen molar-refractivity contribution in [3.8, 4) is 0 Å². The van der Waals surface area contributed by atoms with Crippen molar-refractivity contribution in [3.05, 3.63) is 35.4 Å². The lowest BCUT2D eigenvalue weighted by Crippen LogP contribution is -2.37. The molecule has 1 aliphatic rings. The first-order valence-corrected chi connectivity index (χ1v) is 6.47. The van der Waals surface area contributed by atoms with Gasteiger partial charge in [-0.25, -0.2) is 0 Å². The Morgan fingerprint density at radius 3 is 2.12 bits per heavy atom. The van der Waals surface area contributed by atoms with Crippen LogP contribution in [0.15, 0.2) is 24.3 Å². The van der Waals surface area contributed by atoms with Gasteiger partial charge in [0.1, 0.15) is 0 Å². The highest BCUT2D eigenvalue weighted by molar-refractivity contribution is 5.24. The number of nitrogens with zero attached hydrogens (tertiary/aromatic N) is 1. The largest absolute Gasteiger partial charge is 0.301 e. The average molecular weight is 217 g/mol. The average Bonchev–Trinajstić information content (AvgIpc) is 2.30. The van der Waals surface area contributed by atoms with Crippen LogP contribution >= 0.6 is 0 Å². The van der Waals surface area contributed by atoms with Gasteiger partial charge in [-0.3, -0.25) is 0 Å². The molecule has 1 fully saturated rings. The quantitative estimate of drug-likeness (QED) is 0.732. The number of likely N-dealkylation sites (tertiary alicyclic amines) is 1. The van der Waals surface area contributed by atoms with Gasteiger partial charge >= 0.3 is 0 Å². The van der Waals surface area contributed by atoms with E-state index in [1.807, 2.05) is 0 Å². The number of hydrogen-bond donors (Lipinski definition) is 0. The Bertz CT molecular complexity index is 318. The summed E-state index contributed by atoms with van der Waals surface area (Å²) < 4.78 is 0. The molecule has 88 valence electrons. The van der Waals surface area contributed by atoms with Gasteiger partial charge in [-0.05, 0) is 58.2 Å². The lowest BCUT2D eigenvalue weighted by molar-refractivity contribution is 0.172. The maximum Gasteiger partial charge on any atom is 0.00385 e. The van der Waals surface area contributed by atoms with Crippen LogP contribution in [0, 0.1) is 6.92 Å². The van der Waals surface area contributed by atoms with Crippen molar-refractivity contribution in [2.24, 2.45) is 0 Å². The van der Waals surface area contributed by atoms with Gasteiger partial charge in [0, 0.05) is 6.04 Å². The van der Waals surface area contributed by atoms with Crippen molar-refractivity contribution in [1.29, 1.82) is 0 Å². The van der Waals surface area contributed by atoms with E-state index in [-0.39, 0.29) is 0 Å². The van der Waals surface area contributed by atoms with Crippen LogP contribution in [0.1, 0.15) is 43.7 Å². The van der Waals surface area contributed by atoms with Crippen molar-refractivity contribution >= 4 is 0 Å². The van der Waals surface area contributed by atoms with E-state index in [1.54, 1.807) is 0 Å². The normalized spacial score (nSPS) is 19.2. The molecule has 0 unspecified atom stereocenters. The van der Waals surface area contributed by atoms with Crippen LogP contribution in [0.3, 0.4) is 0 Å². The van der Waals surface area contributed by atoms with Crippen LogP contribution in [0.4, 0.5) is 0 Å². The molecule has 0 radical (unpaired) electrons. The fourth-order valence-corrected chi connectivity index (χ4v) is 2.59. The van der Waals surface area contributed by atoms with E-state index >= 15 is 0 Å². The van der Waals surface area contributed by atoms with Gasteiger partial charge in [-0.15, -0.1) is 0 Å². The number of piperidine rings is 1. The number of hydrogen-bond acceptors (Lipinski definition) is 1. The van der Waals surface area contributed by atoms with Crippen LogP contribution < -0.4 is 0 Å². The van der Waals surface area contributed by atoms with Crippen LogP contribution in [-0.2, 0) is 0 Å². The molecule has 1 saturated heterocycles. The summed E-state index contributed by atoms with van der Waals surface area (Å²) in [4.78, 5) is 2.59. The Kier molecular flexibility index (Phi) is 3.65. The first-order valence-electron chi connectivity index (χ1n) is 6.47. The highest BCUT2D eigenvalue weighted by atomic mass is 15.1. The van der Waals surface area contributed by atoms with E-state index in [9.17, 15) is 0 Å². The smallest absolute Gasteiger partial charge is 0.00385 e. The van der Waals surface area contributed by atoms with Crippen LogP contribution in [0.2, 0.25) is 0 Å². The zero-order valence-electron chi connectivity index (χ0n) is 10.7. The maximum atomic E-state index is 2.59. The second-order valence-electron chi connectivity index (χ2n) is 5.31. The Morgan fingerprint density at radius 1 is 1.06 bits per heavy atom. The summed E-state index contributed by atoms with van der Waals surface area (Å²) in [6.45, 7) is 9.27. The molecule has 1 aliphatic heterocycles. The predicted octanol–water partition coefficient (Wildman–Crippen LogP) is 3.58. The van der Waals surface area contributed by atoms with E-state index < -0.39 is 0 Å². The Morgan fingerprint density at radius 2 is 1.62 bits per heavy atom. The highest BCUT2D eigenvalue weighted by Gasteiger charge is 2.21. The maximum absolute atomic E-state index is 2.59. The first-order chi connectivity index (χ1) is 7.66.